The largest absolute Gasteiger partial charge is 0.493 e. The van der Waals surface area contributed by atoms with Crippen LogP contribution >= 0.6 is 12.4 Å². The second-order valence-corrected chi connectivity index (χ2v) is 3.62. The molecule has 0 radical (unpaired) electrons. The zero-order chi connectivity index (χ0) is 13.1. The average Bonchev–Trinajstić information content (AvgIpc) is 2.83. The van der Waals surface area contributed by atoms with Crippen LogP contribution in [0.15, 0.2) is 18.2 Å². The summed E-state index contributed by atoms with van der Waals surface area (Å²) in [4.78, 5) is 0. The van der Waals surface area contributed by atoms with Gasteiger partial charge in [0.05, 0.1) is 27.0 Å². The molecule has 1 aromatic carbocycles. The number of aromatic nitrogens is 2. The SMILES string of the molecule is COc1cc(-c2cc(N)n[nH]2)cc(OC)c1OC.Cl. The summed E-state index contributed by atoms with van der Waals surface area (Å²) < 4.78 is 15.8. The van der Waals surface area contributed by atoms with Crippen LogP contribution in [-0.2, 0) is 0 Å². The van der Waals surface area contributed by atoms with E-state index in [2.05, 4.69) is 10.2 Å². The second-order valence-electron chi connectivity index (χ2n) is 3.62. The molecule has 0 spiro atoms. The molecule has 104 valence electrons. The Morgan fingerprint density at radius 2 is 1.58 bits per heavy atom. The fourth-order valence-corrected chi connectivity index (χ4v) is 1.72. The van der Waals surface area contributed by atoms with Gasteiger partial charge < -0.3 is 19.9 Å². The van der Waals surface area contributed by atoms with Crippen LogP contribution in [0.25, 0.3) is 11.3 Å². The number of nitrogen functional groups attached to an aromatic ring is 1. The number of nitrogens with one attached hydrogen (secondary N) is 1. The molecule has 19 heavy (non-hydrogen) atoms. The highest BCUT2D eigenvalue weighted by Crippen LogP contribution is 2.40. The van der Waals surface area contributed by atoms with Gasteiger partial charge in [0.25, 0.3) is 0 Å². The van der Waals surface area contributed by atoms with Crippen molar-refractivity contribution in [2.24, 2.45) is 0 Å². The lowest BCUT2D eigenvalue weighted by Crippen LogP contribution is -1.95. The number of hydrogen-bond donors (Lipinski definition) is 2. The van der Waals surface area contributed by atoms with Gasteiger partial charge in [0.1, 0.15) is 5.82 Å². The number of anilines is 1. The number of nitrogens with zero attached hydrogens (tertiary/aromatic N) is 1. The monoisotopic (exact) mass is 285 g/mol. The first kappa shape index (κ1) is 15.0. The predicted octanol–water partition coefficient (Wildman–Crippen LogP) is 2.11. The Bertz CT molecular complexity index is 532. The summed E-state index contributed by atoms with van der Waals surface area (Å²) in [6.45, 7) is 0. The average molecular weight is 286 g/mol. The molecule has 0 saturated heterocycles. The molecule has 1 heterocycles. The first-order valence-corrected chi connectivity index (χ1v) is 5.31. The highest BCUT2D eigenvalue weighted by Gasteiger charge is 2.14. The second kappa shape index (κ2) is 6.19. The summed E-state index contributed by atoms with van der Waals surface area (Å²) in [5.74, 6) is 2.15. The van der Waals surface area contributed by atoms with Gasteiger partial charge in [0.15, 0.2) is 11.5 Å². The molecule has 0 aliphatic carbocycles. The molecule has 0 bridgehead atoms. The molecule has 0 atom stereocenters. The Labute approximate surface area is 117 Å². The number of methoxy groups -OCH3 is 3. The highest BCUT2D eigenvalue weighted by molar-refractivity contribution is 5.85. The fraction of sp³-hybridized carbons (Fsp3) is 0.250. The van der Waals surface area contributed by atoms with E-state index in [1.54, 1.807) is 27.4 Å². The number of hydrogen-bond acceptors (Lipinski definition) is 5. The quantitative estimate of drug-likeness (QED) is 0.899. The van der Waals surface area contributed by atoms with Gasteiger partial charge in [-0.05, 0) is 12.1 Å². The van der Waals surface area contributed by atoms with Gasteiger partial charge >= 0.3 is 0 Å². The van der Waals surface area contributed by atoms with Crippen LogP contribution in [0.5, 0.6) is 17.2 Å². The molecule has 0 saturated carbocycles. The molecule has 0 aliphatic heterocycles. The molecule has 2 aromatic rings. The minimum atomic E-state index is 0. The van der Waals surface area contributed by atoms with Crippen molar-refractivity contribution in [1.82, 2.24) is 10.2 Å². The van der Waals surface area contributed by atoms with E-state index in [4.69, 9.17) is 19.9 Å². The van der Waals surface area contributed by atoms with Gasteiger partial charge in [-0.25, -0.2) is 0 Å². The predicted molar refractivity (Wildman–Crippen MR) is 75.3 cm³/mol. The third kappa shape index (κ3) is 2.85. The van der Waals surface area contributed by atoms with E-state index < -0.39 is 0 Å². The zero-order valence-corrected chi connectivity index (χ0v) is 11.7. The Morgan fingerprint density at radius 1 is 1.00 bits per heavy atom. The molecule has 0 aliphatic rings. The third-order valence-corrected chi connectivity index (χ3v) is 2.57. The topological polar surface area (TPSA) is 82.4 Å². The van der Waals surface area contributed by atoms with Crippen molar-refractivity contribution in [2.45, 2.75) is 0 Å². The standard InChI is InChI=1S/C12H15N3O3.ClH/c1-16-9-4-7(8-6-11(13)15-14-8)5-10(17-2)12(9)18-3;/h4-6H,1-3H3,(H3,13,14,15);1H. The molecular formula is C12H16ClN3O3. The Balaban J connectivity index is 0.00000180. The van der Waals surface area contributed by atoms with Crippen molar-refractivity contribution in [3.05, 3.63) is 18.2 Å². The van der Waals surface area contributed by atoms with Crippen LogP contribution in [-0.4, -0.2) is 31.5 Å². The van der Waals surface area contributed by atoms with E-state index in [1.165, 1.54) is 0 Å². The zero-order valence-electron chi connectivity index (χ0n) is 10.9. The van der Waals surface area contributed by atoms with Crippen molar-refractivity contribution < 1.29 is 14.2 Å². The number of aromatic amines is 1. The van der Waals surface area contributed by atoms with Crippen molar-refractivity contribution >= 4 is 18.2 Å². The molecule has 1 aromatic heterocycles. The summed E-state index contributed by atoms with van der Waals surface area (Å²) in [6, 6.07) is 5.39. The van der Waals surface area contributed by atoms with Gasteiger partial charge in [0.2, 0.25) is 5.75 Å². The number of ether oxygens (including phenoxy) is 3. The number of H-pyrrole nitrogens is 1. The summed E-state index contributed by atoms with van der Waals surface area (Å²) in [7, 11) is 4.71. The van der Waals surface area contributed by atoms with Crippen LogP contribution < -0.4 is 19.9 Å². The van der Waals surface area contributed by atoms with Gasteiger partial charge in [-0.15, -0.1) is 12.4 Å². The fourth-order valence-electron chi connectivity index (χ4n) is 1.72. The summed E-state index contributed by atoms with van der Waals surface area (Å²) in [6.07, 6.45) is 0. The summed E-state index contributed by atoms with van der Waals surface area (Å²) in [5, 5.41) is 6.72. The molecule has 6 nitrogen and oxygen atoms in total. The van der Waals surface area contributed by atoms with Crippen molar-refractivity contribution in [2.75, 3.05) is 27.1 Å². The molecule has 0 unspecified atom stereocenters. The smallest absolute Gasteiger partial charge is 0.203 e. The molecular weight excluding hydrogens is 270 g/mol. The highest BCUT2D eigenvalue weighted by atomic mass is 35.5. The third-order valence-electron chi connectivity index (χ3n) is 2.57. The Morgan fingerprint density at radius 3 is 1.95 bits per heavy atom. The number of benzene rings is 1. The first-order valence-electron chi connectivity index (χ1n) is 5.31. The maximum absolute atomic E-state index is 5.58. The van der Waals surface area contributed by atoms with E-state index in [1.807, 2.05) is 12.1 Å². The summed E-state index contributed by atoms with van der Waals surface area (Å²) >= 11 is 0. The van der Waals surface area contributed by atoms with Crippen LogP contribution in [0.2, 0.25) is 0 Å². The lowest BCUT2D eigenvalue weighted by molar-refractivity contribution is 0.324. The van der Waals surface area contributed by atoms with Gasteiger partial charge in [-0.3, -0.25) is 5.10 Å². The van der Waals surface area contributed by atoms with E-state index in [9.17, 15) is 0 Å². The van der Waals surface area contributed by atoms with Gasteiger partial charge in [0, 0.05) is 11.6 Å². The lowest BCUT2D eigenvalue weighted by atomic mass is 10.1. The van der Waals surface area contributed by atoms with E-state index in [0.29, 0.717) is 23.1 Å². The van der Waals surface area contributed by atoms with Crippen LogP contribution in [0.3, 0.4) is 0 Å². The molecule has 0 amide bonds. The van der Waals surface area contributed by atoms with E-state index >= 15 is 0 Å². The Hall–Kier alpha value is -2.08. The van der Waals surface area contributed by atoms with Crippen molar-refractivity contribution in [3.8, 4) is 28.5 Å². The van der Waals surface area contributed by atoms with Gasteiger partial charge in [-0.2, -0.15) is 5.10 Å². The lowest BCUT2D eigenvalue weighted by Gasteiger charge is -2.13. The number of nitrogens with two attached hydrogens (primary N) is 1. The molecule has 0 fully saturated rings. The Kier molecular flexibility index (Phi) is 4.88. The molecule has 7 heteroatoms. The van der Waals surface area contributed by atoms with Crippen LogP contribution in [0.1, 0.15) is 0 Å². The number of halogens is 1. The molecule has 3 N–H and O–H groups in total. The van der Waals surface area contributed by atoms with Crippen LogP contribution in [0.4, 0.5) is 5.82 Å². The van der Waals surface area contributed by atoms with E-state index in [-0.39, 0.29) is 12.4 Å². The molecule has 2 rings (SSSR count). The van der Waals surface area contributed by atoms with Crippen molar-refractivity contribution in [3.63, 3.8) is 0 Å². The number of rotatable bonds is 4. The van der Waals surface area contributed by atoms with Gasteiger partial charge in [-0.1, -0.05) is 0 Å². The first-order chi connectivity index (χ1) is 8.69. The van der Waals surface area contributed by atoms with E-state index in [0.717, 1.165) is 11.3 Å². The summed E-state index contributed by atoms with van der Waals surface area (Å²) in [5.41, 5.74) is 7.22. The van der Waals surface area contributed by atoms with Crippen molar-refractivity contribution in [1.29, 1.82) is 0 Å². The minimum Gasteiger partial charge on any atom is -0.493 e. The maximum atomic E-state index is 5.58. The normalized spacial score (nSPS) is 9.63. The minimum absolute atomic E-state index is 0. The maximum Gasteiger partial charge on any atom is 0.203 e. The van der Waals surface area contributed by atoms with Crippen LogP contribution in [0, 0.1) is 0 Å².